The van der Waals surface area contributed by atoms with Crippen LogP contribution < -0.4 is 10.2 Å². The van der Waals surface area contributed by atoms with E-state index >= 15 is 0 Å². The summed E-state index contributed by atoms with van der Waals surface area (Å²) in [5.74, 6) is -1.45. The van der Waals surface area contributed by atoms with Gasteiger partial charge in [0.15, 0.2) is 0 Å². The summed E-state index contributed by atoms with van der Waals surface area (Å²) in [5.41, 5.74) is 0.514. The van der Waals surface area contributed by atoms with Gasteiger partial charge in [-0.25, -0.2) is 12.8 Å². The van der Waals surface area contributed by atoms with Crippen molar-refractivity contribution in [2.24, 2.45) is 0 Å². The first-order chi connectivity index (χ1) is 19.3. The zero-order valence-electron chi connectivity index (χ0n) is 22.6. The van der Waals surface area contributed by atoms with E-state index in [4.69, 9.17) is 0 Å². The summed E-state index contributed by atoms with van der Waals surface area (Å²) in [4.78, 5) is 30.2. The number of sulfone groups is 1. The molecule has 5 rings (SSSR count). The lowest BCUT2D eigenvalue weighted by Gasteiger charge is -2.31. The van der Waals surface area contributed by atoms with Crippen LogP contribution in [0.25, 0.3) is 0 Å². The highest BCUT2D eigenvalue weighted by atomic mass is 32.2. The maximum Gasteiger partial charge on any atom is 0.259 e. The lowest BCUT2D eigenvalue weighted by Crippen LogP contribution is -2.36. The minimum atomic E-state index is -4.08. The highest BCUT2D eigenvalue weighted by Crippen LogP contribution is 2.38. The number of nitrogens with one attached hydrogen (secondary N) is 1. The van der Waals surface area contributed by atoms with Crippen LogP contribution in [-0.4, -0.2) is 51.3 Å². The molecule has 1 aliphatic heterocycles. The summed E-state index contributed by atoms with van der Waals surface area (Å²) in [6.45, 7) is 1.14. The van der Waals surface area contributed by atoms with Crippen LogP contribution in [-0.2, 0) is 16.4 Å². The second-order valence-corrected chi connectivity index (χ2v) is 12.4. The number of carbonyl (C=O) groups is 2. The molecule has 9 heteroatoms. The van der Waals surface area contributed by atoms with E-state index in [1.807, 2.05) is 0 Å². The number of halogens is 1. The smallest absolute Gasteiger partial charge is 0.259 e. The lowest BCUT2D eigenvalue weighted by atomic mass is 9.94. The predicted octanol–water partition coefficient (Wildman–Crippen LogP) is 5.20. The molecular weight excluding hydrogens is 529 g/mol. The molecule has 3 aromatic rings. The SMILES string of the molecule is CN(CCCNC(=O)c1ccc2c(c1)N(Cc1ccccc1F)C(=O)c1ccccc1S2(=O)=O)C1CCCCC1. The summed E-state index contributed by atoms with van der Waals surface area (Å²) in [7, 11) is -1.95. The Hall–Kier alpha value is -3.56. The number of amides is 2. The molecule has 0 unspecified atom stereocenters. The van der Waals surface area contributed by atoms with Gasteiger partial charge in [0.25, 0.3) is 11.8 Å². The fraction of sp³-hybridized carbons (Fsp3) is 0.355. The Morgan fingerprint density at radius 2 is 1.73 bits per heavy atom. The first-order valence-corrected chi connectivity index (χ1v) is 15.3. The monoisotopic (exact) mass is 563 g/mol. The summed E-state index contributed by atoms with van der Waals surface area (Å²) in [6.07, 6.45) is 7.05. The number of anilines is 1. The molecule has 0 radical (unpaired) electrons. The van der Waals surface area contributed by atoms with E-state index < -0.39 is 21.6 Å². The van der Waals surface area contributed by atoms with E-state index in [9.17, 15) is 22.4 Å². The van der Waals surface area contributed by atoms with Crippen LogP contribution in [0.1, 0.15) is 64.8 Å². The molecule has 1 fully saturated rings. The largest absolute Gasteiger partial charge is 0.352 e. The number of hydrogen-bond donors (Lipinski definition) is 1. The van der Waals surface area contributed by atoms with E-state index in [0.29, 0.717) is 12.6 Å². The van der Waals surface area contributed by atoms with Crippen molar-refractivity contribution in [3.63, 3.8) is 0 Å². The van der Waals surface area contributed by atoms with Gasteiger partial charge in [-0.3, -0.25) is 9.59 Å². The third kappa shape index (κ3) is 5.67. The van der Waals surface area contributed by atoms with Crippen LogP contribution in [0.2, 0.25) is 0 Å². The molecule has 0 bridgehead atoms. The van der Waals surface area contributed by atoms with Crippen molar-refractivity contribution in [2.45, 2.75) is 60.9 Å². The summed E-state index contributed by atoms with van der Waals surface area (Å²) < 4.78 is 41.9. The van der Waals surface area contributed by atoms with Crippen molar-refractivity contribution in [2.75, 3.05) is 25.0 Å². The zero-order valence-corrected chi connectivity index (χ0v) is 23.4. The number of hydrogen-bond acceptors (Lipinski definition) is 5. The lowest BCUT2D eigenvalue weighted by molar-refractivity contribution is 0.0947. The maximum absolute atomic E-state index is 14.6. The van der Waals surface area contributed by atoms with Gasteiger partial charge in [-0.1, -0.05) is 49.6 Å². The molecule has 1 aliphatic carbocycles. The molecule has 210 valence electrons. The minimum Gasteiger partial charge on any atom is -0.352 e. The highest BCUT2D eigenvalue weighted by molar-refractivity contribution is 7.91. The van der Waals surface area contributed by atoms with Crippen LogP contribution >= 0.6 is 0 Å². The molecule has 7 nitrogen and oxygen atoms in total. The average Bonchev–Trinajstić information content (AvgIpc) is 3.04. The molecular formula is C31H34FN3O4S. The highest BCUT2D eigenvalue weighted by Gasteiger charge is 2.36. The van der Waals surface area contributed by atoms with E-state index in [2.05, 4.69) is 17.3 Å². The number of carbonyl (C=O) groups excluding carboxylic acids is 2. The van der Waals surface area contributed by atoms with Gasteiger partial charge < -0.3 is 15.1 Å². The molecule has 0 atom stereocenters. The van der Waals surface area contributed by atoms with Crippen LogP contribution in [0.5, 0.6) is 0 Å². The Labute approximate surface area is 234 Å². The van der Waals surface area contributed by atoms with Crippen molar-refractivity contribution >= 4 is 27.3 Å². The fourth-order valence-corrected chi connectivity index (χ4v) is 7.27. The zero-order chi connectivity index (χ0) is 28.3. The first kappa shape index (κ1) is 28.0. The van der Waals surface area contributed by atoms with Gasteiger partial charge in [-0.15, -0.1) is 0 Å². The van der Waals surface area contributed by atoms with Crippen molar-refractivity contribution in [1.29, 1.82) is 0 Å². The van der Waals surface area contributed by atoms with Gasteiger partial charge in [0.2, 0.25) is 9.84 Å². The molecule has 1 saturated carbocycles. The Morgan fingerprint density at radius 3 is 2.50 bits per heavy atom. The molecule has 0 spiro atoms. The maximum atomic E-state index is 14.6. The summed E-state index contributed by atoms with van der Waals surface area (Å²) in [6, 6.07) is 16.9. The van der Waals surface area contributed by atoms with Crippen molar-refractivity contribution in [3.05, 3.63) is 89.2 Å². The molecule has 1 heterocycles. The van der Waals surface area contributed by atoms with Crippen molar-refractivity contribution < 1.29 is 22.4 Å². The molecule has 2 amide bonds. The summed E-state index contributed by atoms with van der Waals surface area (Å²) in [5, 5.41) is 2.92. The molecule has 1 N–H and O–H groups in total. The Balaban J connectivity index is 1.40. The molecule has 40 heavy (non-hydrogen) atoms. The number of rotatable bonds is 8. The van der Waals surface area contributed by atoms with Crippen LogP contribution in [0.3, 0.4) is 0 Å². The third-order valence-corrected chi connectivity index (χ3v) is 9.77. The van der Waals surface area contributed by atoms with Crippen LogP contribution in [0.15, 0.2) is 76.5 Å². The Kier molecular flexibility index (Phi) is 8.32. The van der Waals surface area contributed by atoms with Gasteiger partial charge in [0.05, 0.1) is 27.6 Å². The van der Waals surface area contributed by atoms with Gasteiger partial charge in [0.1, 0.15) is 5.82 Å². The third-order valence-electron chi connectivity index (χ3n) is 7.91. The number of fused-ring (bicyclic) bond motifs is 2. The second-order valence-electron chi connectivity index (χ2n) is 10.5. The van der Waals surface area contributed by atoms with E-state index in [0.717, 1.165) is 13.0 Å². The van der Waals surface area contributed by atoms with Gasteiger partial charge in [-0.05, 0) is 69.3 Å². The van der Waals surface area contributed by atoms with E-state index in [1.54, 1.807) is 30.3 Å². The first-order valence-electron chi connectivity index (χ1n) is 13.8. The standard InChI is InChI=1S/C31H34FN3O4S/c1-34(24-11-3-2-4-12-24)19-9-18-33-30(36)22-16-17-29-27(20-22)35(21-23-10-5-7-14-26(23)32)31(37)25-13-6-8-15-28(25)40(29,38)39/h5-8,10,13-17,20,24H,2-4,9,11-12,18-19,21H2,1H3,(H,33,36). The Bertz CT molecular complexity index is 1520. The normalized spacial score (nSPS) is 16.8. The van der Waals surface area contributed by atoms with Gasteiger partial charge in [-0.2, -0.15) is 0 Å². The topological polar surface area (TPSA) is 86.8 Å². The Morgan fingerprint density at radius 1 is 1.00 bits per heavy atom. The molecule has 2 aliphatic rings. The van der Waals surface area contributed by atoms with Crippen LogP contribution in [0.4, 0.5) is 10.1 Å². The minimum absolute atomic E-state index is 0.00289. The molecule has 0 aromatic heterocycles. The van der Waals surface area contributed by atoms with Crippen LogP contribution in [0, 0.1) is 5.82 Å². The van der Waals surface area contributed by atoms with Crippen molar-refractivity contribution in [3.8, 4) is 0 Å². The van der Waals surface area contributed by atoms with Crippen molar-refractivity contribution in [1.82, 2.24) is 10.2 Å². The fourth-order valence-electron chi connectivity index (χ4n) is 5.64. The predicted molar refractivity (Wildman–Crippen MR) is 152 cm³/mol. The number of nitrogens with zero attached hydrogens (tertiary/aromatic N) is 2. The second kappa shape index (κ2) is 11.9. The van der Waals surface area contributed by atoms with E-state index in [1.165, 1.54) is 73.4 Å². The summed E-state index contributed by atoms with van der Waals surface area (Å²) >= 11 is 0. The molecule has 0 saturated heterocycles. The average molecular weight is 564 g/mol. The number of benzene rings is 3. The van der Waals surface area contributed by atoms with Gasteiger partial charge >= 0.3 is 0 Å². The van der Waals surface area contributed by atoms with Gasteiger partial charge in [0, 0.05) is 23.7 Å². The quantitative estimate of drug-likeness (QED) is 0.381. The van der Waals surface area contributed by atoms with E-state index in [-0.39, 0.29) is 44.6 Å². The molecule has 3 aromatic carbocycles.